The van der Waals surface area contributed by atoms with Crippen molar-refractivity contribution in [3.8, 4) is 11.5 Å². The summed E-state index contributed by atoms with van der Waals surface area (Å²) >= 11 is 0. The van der Waals surface area contributed by atoms with Crippen LogP contribution >= 0.6 is 0 Å². The molecule has 3 aromatic rings. The highest BCUT2D eigenvalue weighted by atomic mass is 16.3. The maximum absolute atomic E-state index is 5.67. The minimum absolute atomic E-state index is 0.501. The second-order valence-corrected chi connectivity index (χ2v) is 8.01. The van der Waals surface area contributed by atoms with Gasteiger partial charge in [0, 0.05) is 38.4 Å². The number of aromatic nitrogens is 3. The standard InChI is InChI=1S/C23H30N6O/c1-4-24-23(29-10-9-18(15-29)11-19-12-26-28(3)14-19)25-13-21-16-30-22(27-21)20-7-5-17(2)6-8-20/h5-8,12,14,16,18H,4,9-11,13,15H2,1-3H3,(H,24,25). The Morgan fingerprint density at radius 1 is 1.30 bits per heavy atom. The van der Waals surface area contributed by atoms with E-state index in [1.807, 2.05) is 30.1 Å². The molecular formula is C23H30N6O. The van der Waals surface area contributed by atoms with Gasteiger partial charge in [0.2, 0.25) is 5.89 Å². The summed E-state index contributed by atoms with van der Waals surface area (Å²) in [4.78, 5) is 11.8. The first kappa shape index (κ1) is 20.2. The number of benzene rings is 1. The van der Waals surface area contributed by atoms with Gasteiger partial charge in [0.1, 0.15) is 12.0 Å². The number of rotatable bonds is 6. The van der Waals surface area contributed by atoms with E-state index in [9.17, 15) is 0 Å². The van der Waals surface area contributed by atoms with Crippen molar-refractivity contribution in [3.63, 3.8) is 0 Å². The number of hydrogen-bond acceptors (Lipinski definition) is 4. The van der Waals surface area contributed by atoms with E-state index >= 15 is 0 Å². The Balaban J connectivity index is 1.39. The number of nitrogens with one attached hydrogen (secondary N) is 1. The lowest BCUT2D eigenvalue weighted by molar-refractivity contribution is 0.459. The van der Waals surface area contributed by atoms with Crippen LogP contribution in [0, 0.1) is 12.8 Å². The van der Waals surface area contributed by atoms with E-state index in [0.717, 1.165) is 43.3 Å². The summed E-state index contributed by atoms with van der Waals surface area (Å²) < 4.78 is 7.54. The fraction of sp³-hybridized carbons (Fsp3) is 0.435. The highest BCUT2D eigenvalue weighted by Crippen LogP contribution is 2.22. The van der Waals surface area contributed by atoms with Crippen LogP contribution in [-0.2, 0) is 20.0 Å². The fourth-order valence-electron chi connectivity index (χ4n) is 3.89. The van der Waals surface area contributed by atoms with Gasteiger partial charge in [-0.1, -0.05) is 17.7 Å². The summed E-state index contributed by atoms with van der Waals surface area (Å²) in [6.45, 7) is 7.54. The minimum Gasteiger partial charge on any atom is -0.444 e. The Kier molecular flexibility index (Phi) is 6.16. The number of oxazole rings is 1. The fourth-order valence-corrected chi connectivity index (χ4v) is 3.89. The van der Waals surface area contributed by atoms with Crippen LogP contribution in [-0.4, -0.2) is 45.3 Å². The SMILES string of the molecule is CCNC(=NCc1coc(-c2ccc(C)cc2)n1)N1CCC(Cc2cnn(C)c2)C1. The van der Waals surface area contributed by atoms with Crippen LogP contribution in [0.1, 0.15) is 30.2 Å². The Morgan fingerprint density at radius 3 is 2.87 bits per heavy atom. The average Bonchev–Trinajstić information content (AvgIpc) is 3.48. The van der Waals surface area contributed by atoms with Crippen molar-refractivity contribution in [3.05, 3.63) is 59.7 Å². The molecule has 1 aliphatic heterocycles. The van der Waals surface area contributed by atoms with E-state index in [1.165, 1.54) is 17.5 Å². The first-order valence-electron chi connectivity index (χ1n) is 10.6. The molecule has 1 atom stereocenters. The maximum atomic E-state index is 5.67. The molecule has 0 amide bonds. The molecule has 30 heavy (non-hydrogen) atoms. The van der Waals surface area contributed by atoms with Crippen LogP contribution in [0.15, 0.2) is 52.3 Å². The van der Waals surface area contributed by atoms with Crippen LogP contribution in [0.5, 0.6) is 0 Å². The van der Waals surface area contributed by atoms with Gasteiger partial charge in [0.05, 0.1) is 12.7 Å². The Hall–Kier alpha value is -3.09. The Labute approximate surface area is 177 Å². The van der Waals surface area contributed by atoms with Gasteiger partial charge in [-0.25, -0.2) is 9.98 Å². The molecule has 1 N–H and O–H groups in total. The lowest BCUT2D eigenvalue weighted by atomic mass is 10.0. The summed E-state index contributed by atoms with van der Waals surface area (Å²) in [7, 11) is 1.97. The van der Waals surface area contributed by atoms with Gasteiger partial charge in [-0.05, 0) is 50.3 Å². The number of aryl methyl sites for hydroxylation is 2. The van der Waals surface area contributed by atoms with Crippen LogP contribution in [0.25, 0.3) is 11.5 Å². The zero-order chi connectivity index (χ0) is 20.9. The molecular weight excluding hydrogens is 376 g/mol. The summed E-state index contributed by atoms with van der Waals surface area (Å²) in [6.07, 6.45) is 8.02. The third kappa shape index (κ3) is 4.90. The molecule has 7 nitrogen and oxygen atoms in total. The van der Waals surface area contributed by atoms with Crippen molar-refractivity contribution in [1.82, 2.24) is 25.0 Å². The van der Waals surface area contributed by atoms with Gasteiger partial charge in [-0.2, -0.15) is 5.10 Å². The second kappa shape index (κ2) is 9.15. The predicted molar refractivity (Wildman–Crippen MR) is 118 cm³/mol. The molecule has 0 spiro atoms. The van der Waals surface area contributed by atoms with Crippen LogP contribution in [0.4, 0.5) is 0 Å². The molecule has 0 saturated carbocycles. The maximum Gasteiger partial charge on any atom is 0.226 e. The molecule has 0 bridgehead atoms. The summed E-state index contributed by atoms with van der Waals surface area (Å²) in [5.74, 6) is 2.22. The van der Waals surface area contributed by atoms with Crippen molar-refractivity contribution in [2.75, 3.05) is 19.6 Å². The lowest BCUT2D eigenvalue weighted by Crippen LogP contribution is -2.40. The molecule has 1 unspecified atom stereocenters. The normalized spacial score (nSPS) is 17.0. The smallest absolute Gasteiger partial charge is 0.226 e. The molecule has 0 radical (unpaired) electrons. The zero-order valence-corrected chi connectivity index (χ0v) is 18.0. The zero-order valence-electron chi connectivity index (χ0n) is 18.0. The molecule has 3 heterocycles. The first-order valence-corrected chi connectivity index (χ1v) is 10.6. The second-order valence-electron chi connectivity index (χ2n) is 8.01. The van der Waals surface area contributed by atoms with E-state index in [-0.39, 0.29) is 0 Å². The Morgan fingerprint density at radius 2 is 2.13 bits per heavy atom. The van der Waals surface area contributed by atoms with Gasteiger partial charge in [-0.3, -0.25) is 4.68 Å². The lowest BCUT2D eigenvalue weighted by Gasteiger charge is -2.21. The molecule has 7 heteroatoms. The number of aliphatic imine (C=N–C) groups is 1. The summed E-state index contributed by atoms with van der Waals surface area (Å²) in [6, 6.07) is 8.20. The highest BCUT2D eigenvalue weighted by molar-refractivity contribution is 5.80. The van der Waals surface area contributed by atoms with Crippen molar-refractivity contribution in [2.45, 2.75) is 33.2 Å². The minimum atomic E-state index is 0.501. The van der Waals surface area contributed by atoms with E-state index in [4.69, 9.17) is 9.41 Å². The summed E-state index contributed by atoms with van der Waals surface area (Å²) in [5, 5.41) is 7.71. The highest BCUT2D eigenvalue weighted by Gasteiger charge is 2.25. The average molecular weight is 407 g/mol. The van der Waals surface area contributed by atoms with Crippen molar-refractivity contribution in [1.29, 1.82) is 0 Å². The van der Waals surface area contributed by atoms with Gasteiger partial charge in [0.15, 0.2) is 5.96 Å². The largest absolute Gasteiger partial charge is 0.444 e. The molecule has 158 valence electrons. The predicted octanol–water partition coefficient (Wildman–Crippen LogP) is 3.41. The first-order chi connectivity index (χ1) is 14.6. The van der Waals surface area contributed by atoms with Crippen molar-refractivity contribution < 1.29 is 4.42 Å². The number of guanidine groups is 1. The third-order valence-electron chi connectivity index (χ3n) is 5.44. The third-order valence-corrected chi connectivity index (χ3v) is 5.44. The van der Waals surface area contributed by atoms with Crippen LogP contribution in [0.3, 0.4) is 0 Å². The van der Waals surface area contributed by atoms with Crippen LogP contribution in [0.2, 0.25) is 0 Å². The molecule has 4 rings (SSSR count). The topological polar surface area (TPSA) is 71.5 Å². The van der Waals surface area contributed by atoms with Crippen LogP contribution < -0.4 is 5.32 Å². The van der Waals surface area contributed by atoms with E-state index in [1.54, 1.807) is 6.26 Å². The van der Waals surface area contributed by atoms with Gasteiger partial charge >= 0.3 is 0 Å². The quantitative estimate of drug-likeness (QED) is 0.502. The molecule has 1 aromatic carbocycles. The molecule has 2 aromatic heterocycles. The van der Waals surface area contributed by atoms with Crippen molar-refractivity contribution in [2.24, 2.45) is 18.0 Å². The monoisotopic (exact) mass is 406 g/mol. The van der Waals surface area contributed by atoms with E-state index in [2.05, 4.69) is 52.5 Å². The molecule has 1 saturated heterocycles. The molecule has 1 fully saturated rings. The Bertz CT molecular complexity index is 987. The number of nitrogens with zero attached hydrogens (tertiary/aromatic N) is 5. The molecule has 1 aliphatic rings. The van der Waals surface area contributed by atoms with Gasteiger partial charge in [-0.15, -0.1) is 0 Å². The summed E-state index contributed by atoms with van der Waals surface area (Å²) in [5.41, 5.74) is 4.35. The molecule has 0 aliphatic carbocycles. The van der Waals surface area contributed by atoms with E-state index < -0.39 is 0 Å². The van der Waals surface area contributed by atoms with Crippen molar-refractivity contribution >= 4 is 5.96 Å². The number of hydrogen-bond donors (Lipinski definition) is 1. The van der Waals surface area contributed by atoms with Gasteiger partial charge in [0.25, 0.3) is 0 Å². The van der Waals surface area contributed by atoms with Gasteiger partial charge < -0.3 is 14.6 Å². The van der Waals surface area contributed by atoms with E-state index in [0.29, 0.717) is 18.4 Å². The number of likely N-dealkylation sites (tertiary alicyclic amines) is 1.